The van der Waals surface area contributed by atoms with Gasteiger partial charge < -0.3 is 15.1 Å². The van der Waals surface area contributed by atoms with Crippen LogP contribution in [0.15, 0.2) is 60.1 Å². The first-order valence-electron chi connectivity index (χ1n) is 9.27. The number of anilines is 1. The Hall–Kier alpha value is -3.49. The van der Waals surface area contributed by atoms with Gasteiger partial charge in [0.25, 0.3) is 0 Å². The Morgan fingerprint density at radius 3 is 2.50 bits per heavy atom. The van der Waals surface area contributed by atoms with Crippen LogP contribution in [0, 0.1) is 0 Å². The lowest BCUT2D eigenvalue weighted by molar-refractivity contribution is 0.369. The molecule has 3 heterocycles. The van der Waals surface area contributed by atoms with Gasteiger partial charge >= 0.3 is 0 Å². The van der Waals surface area contributed by atoms with Crippen molar-refractivity contribution in [3.8, 4) is 5.69 Å². The van der Waals surface area contributed by atoms with Crippen molar-refractivity contribution in [2.75, 3.05) is 38.1 Å². The second kappa shape index (κ2) is 8.47. The van der Waals surface area contributed by atoms with E-state index in [4.69, 9.17) is 0 Å². The highest BCUT2D eigenvalue weighted by molar-refractivity contribution is 5.80. The van der Waals surface area contributed by atoms with E-state index in [1.165, 1.54) is 0 Å². The Balaban J connectivity index is 1.36. The second-order valence-electron chi connectivity index (χ2n) is 6.38. The average molecular weight is 377 g/mol. The number of guanidine groups is 1. The Labute approximate surface area is 163 Å². The molecular formula is C19H23N9. The van der Waals surface area contributed by atoms with E-state index < -0.39 is 0 Å². The zero-order chi connectivity index (χ0) is 19.2. The molecule has 28 heavy (non-hydrogen) atoms. The van der Waals surface area contributed by atoms with Crippen LogP contribution in [0.3, 0.4) is 0 Å². The number of rotatable bonds is 4. The van der Waals surface area contributed by atoms with Gasteiger partial charge in [-0.25, -0.2) is 9.97 Å². The summed E-state index contributed by atoms with van der Waals surface area (Å²) in [4.78, 5) is 17.5. The Bertz CT molecular complexity index is 899. The van der Waals surface area contributed by atoms with Crippen LogP contribution in [-0.4, -0.2) is 68.8 Å². The first-order valence-corrected chi connectivity index (χ1v) is 9.27. The SMILES string of the molecule is CN=C(NCc1nncn1-c1ccccc1)N1CCN(c2ncccn2)CC1. The molecule has 9 heteroatoms. The molecule has 0 bridgehead atoms. The first kappa shape index (κ1) is 17.9. The van der Waals surface area contributed by atoms with Crippen molar-refractivity contribution in [2.45, 2.75) is 6.54 Å². The van der Waals surface area contributed by atoms with Crippen LogP contribution in [0.2, 0.25) is 0 Å². The molecule has 0 amide bonds. The third kappa shape index (κ3) is 3.93. The number of nitrogens with zero attached hydrogens (tertiary/aromatic N) is 8. The maximum Gasteiger partial charge on any atom is 0.225 e. The number of hydrogen-bond acceptors (Lipinski definition) is 6. The monoisotopic (exact) mass is 377 g/mol. The van der Waals surface area contributed by atoms with Gasteiger partial charge in [-0.3, -0.25) is 9.56 Å². The largest absolute Gasteiger partial charge is 0.349 e. The Morgan fingerprint density at radius 2 is 1.79 bits per heavy atom. The maximum atomic E-state index is 4.44. The van der Waals surface area contributed by atoms with Crippen molar-refractivity contribution in [1.82, 2.24) is 34.9 Å². The van der Waals surface area contributed by atoms with Crippen LogP contribution in [0.4, 0.5) is 5.95 Å². The summed E-state index contributed by atoms with van der Waals surface area (Å²) in [5, 5.41) is 11.7. The van der Waals surface area contributed by atoms with E-state index in [1.54, 1.807) is 25.8 Å². The number of para-hydroxylation sites is 1. The van der Waals surface area contributed by atoms with Crippen molar-refractivity contribution < 1.29 is 0 Å². The highest BCUT2D eigenvalue weighted by Gasteiger charge is 2.21. The van der Waals surface area contributed by atoms with E-state index in [2.05, 4.69) is 40.3 Å². The fourth-order valence-electron chi connectivity index (χ4n) is 3.25. The summed E-state index contributed by atoms with van der Waals surface area (Å²) >= 11 is 0. The molecule has 4 rings (SSSR count). The van der Waals surface area contributed by atoms with Gasteiger partial charge in [0.2, 0.25) is 5.95 Å². The third-order valence-electron chi connectivity index (χ3n) is 4.68. The smallest absolute Gasteiger partial charge is 0.225 e. The fourth-order valence-corrected chi connectivity index (χ4v) is 3.25. The molecule has 9 nitrogen and oxygen atoms in total. The summed E-state index contributed by atoms with van der Waals surface area (Å²) in [5.74, 6) is 2.47. The highest BCUT2D eigenvalue weighted by atomic mass is 15.4. The quantitative estimate of drug-likeness (QED) is 0.535. The molecule has 0 radical (unpaired) electrons. The van der Waals surface area contributed by atoms with Crippen molar-refractivity contribution >= 4 is 11.9 Å². The number of hydrogen-bond donors (Lipinski definition) is 1. The van der Waals surface area contributed by atoms with Crippen LogP contribution < -0.4 is 10.2 Å². The van der Waals surface area contributed by atoms with Gasteiger partial charge in [-0.05, 0) is 18.2 Å². The van der Waals surface area contributed by atoms with Crippen LogP contribution in [0.25, 0.3) is 5.69 Å². The second-order valence-corrected chi connectivity index (χ2v) is 6.38. The Morgan fingerprint density at radius 1 is 1.04 bits per heavy atom. The molecule has 0 aliphatic carbocycles. The van der Waals surface area contributed by atoms with Crippen molar-refractivity contribution in [2.24, 2.45) is 4.99 Å². The summed E-state index contributed by atoms with van der Waals surface area (Å²) in [6.07, 6.45) is 5.28. The minimum absolute atomic E-state index is 0.545. The van der Waals surface area contributed by atoms with E-state index in [0.717, 1.165) is 49.6 Å². The van der Waals surface area contributed by atoms with Gasteiger partial charge in [-0.1, -0.05) is 18.2 Å². The first-order chi connectivity index (χ1) is 13.8. The number of aliphatic imine (C=N–C) groups is 1. The number of piperazine rings is 1. The summed E-state index contributed by atoms with van der Waals surface area (Å²) in [5.41, 5.74) is 1.04. The summed E-state index contributed by atoms with van der Waals surface area (Å²) in [6.45, 7) is 3.95. The normalized spacial score (nSPS) is 15.0. The minimum Gasteiger partial charge on any atom is -0.349 e. The highest BCUT2D eigenvalue weighted by Crippen LogP contribution is 2.11. The molecule has 2 aromatic heterocycles. The van der Waals surface area contributed by atoms with Gasteiger partial charge in [-0.15, -0.1) is 10.2 Å². The lowest BCUT2D eigenvalue weighted by atomic mass is 10.3. The fraction of sp³-hybridized carbons (Fsp3) is 0.316. The molecule has 0 unspecified atom stereocenters. The molecule has 0 spiro atoms. The minimum atomic E-state index is 0.545. The van der Waals surface area contributed by atoms with Gasteiger partial charge in [-0.2, -0.15) is 0 Å². The van der Waals surface area contributed by atoms with Crippen LogP contribution in [-0.2, 0) is 6.54 Å². The molecule has 3 aromatic rings. The maximum absolute atomic E-state index is 4.44. The van der Waals surface area contributed by atoms with Gasteiger partial charge in [0.15, 0.2) is 11.8 Å². The summed E-state index contributed by atoms with van der Waals surface area (Å²) in [6, 6.07) is 11.9. The van der Waals surface area contributed by atoms with E-state index in [1.807, 2.05) is 41.0 Å². The molecule has 1 saturated heterocycles. The number of benzene rings is 1. The van der Waals surface area contributed by atoms with E-state index in [9.17, 15) is 0 Å². The molecule has 1 aliphatic rings. The van der Waals surface area contributed by atoms with Gasteiger partial charge in [0.1, 0.15) is 6.33 Å². The predicted molar refractivity (Wildman–Crippen MR) is 107 cm³/mol. The van der Waals surface area contributed by atoms with Crippen LogP contribution in [0.5, 0.6) is 0 Å². The van der Waals surface area contributed by atoms with Crippen molar-refractivity contribution in [1.29, 1.82) is 0 Å². The molecule has 144 valence electrons. The predicted octanol–water partition coefficient (Wildman–Crippen LogP) is 0.955. The molecular weight excluding hydrogens is 354 g/mol. The van der Waals surface area contributed by atoms with Crippen LogP contribution >= 0.6 is 0 Å². The molecule has 1 N–H and O–H groups in total. The number of aromatic nitrogens is 5. The lowest BCUT2D eigenvalue weighted by Gasteiger charge is -2.36. The zero-order valence-corrected chi connectivity index (χ0v) is 15.8. The molecule has 1 aliphatic heterocycles. The topological polar surface area (TPSA) is 87.4 Å². The van der Waals surface area contributed by atoms with E-state index >= 15 is 0 Å². The van der Waals surface area contributed by atoms with Crippen molar-refractivity contribution in [3.63, 3.8) is 0 Å². The average Bonchev–Trinajstić information content (AvgIpc) is 3.24. The van der Waals surface area contributed by atoms with Crippen LogP contribution in [0.1, 0.15) is 5.82 Å². The molecule has 0 atom stereocenters. The van der Waals surface area contributed by atoms with Crippen molar-refractivity contribution in [3.05, 3.63) is 60.9 Å². The summed E-state index contributed by atoms with van der Waals surface area (Å²) < 4.78 is 1.98. The molecule has 1 aromatic carbocycles. The molecule has 0 saturated carbocycles. The lowest BCUT2D eigenvalue weighted by Crippen LogP contribution is -2.52. The van der Waals surface area contributed by atoms with Gasteiger partial charge in [0.05, 0.1) is 6.54 Å². The number of nitrogens with one attached hydrogen (secondary N) is 1. The summed E-state index contributed by atoms with van der Waals surface area (Å²) in [7, 11) is 1.80. The standard InChI is InChI=1S/C19H23N9/c1-20-18(26-10-12-27(13-11-26)19-21-8-5-9-22-19)23-14-17-25-24-15-28(17)16-6-3-2-4-7-16/h2-9,15H,10-14H2,1H3,(H,20,23). The van der Waals surface area contributed by atoms with E-state index in [0.29, 0.717) is 6.54 Å². The zero-order valence-electron chi connectivity index (χ0n) is 15.8. The molecule has 1 fully saturated rings. The van der Waals surface area contributed by atoms with Gasteiger partial charge in [0, 0.05) is 51.3 Å². The Kier molecular flexibility index (Phi) is 5.41. The van der Waals surface area contributed by atoms with E-state index in [-0.39, 0.29) is 0 Å². The third-order valence-corrected chi connectivity index (χ3v) is 4.68.